The van der Waals surface area contributed by atoms with Crippen LogP contribution in [0.25, 0.3) is 11.0 Å². The van der Waals surface area contributed by atoms with Gasteiger partial charge in [0.2, 0.25) is 5.28 Å². The van der Waals surface area contributed by atoms with E-state index < -0.39 is 5.60 Å². The van der Waals surface area contributed by atoms with Crippen molar-refractivity contribution in [3.8, 4) is 0 Å². The highest BCUT2D eigenvalue weighted by molar-refractivity contribution is 6.33. The number of aryl methyl sites for hydroxylation is 2. The Morgan fingerprint density at radius 2 is 1.89 bits per heavy atom. The molecule has 9 heteroatoms. The van der Waals surface area contributed by atoms with Crippen LogP contribution in [0.2, 0.25) is 10.3 Å². The summed E-state index contributed by atoms with van der Waals surface area (Å²) in [7, 11) is 0. The van der Waals surface area contributed by atoms with E-state index in [2.05, 4.69) is 15.3 Å². The summed E-state index contributed by atoms with van der Waals surface area (Å²) in [5.41, 5.74) is 1.40. The molecule has 0 spiro atoms. The third-order valence-corrected chi connectivity index (χ3v) is 4.85. The SMILES string of the molecule is CCCn1c(=O)n(CCC(C)(C)O)c2cc(Nc3nc(Cl)ncc3Cl)ccc21. The molecule has 2 N–H and O–H groups in total. The Bertz CT molecular complexity index is 1050. The summed E-state index contributed by atoms with van der Waals surface area (Å²) in [6.45, 7) is 6.54. The van der Waals surface area contributed by atoms with E-state index in [1.54, 1.807) is 23.0 Å². The van der Waals surface area contributed by atoms with Crippen molar-refractivity contribution >= 4 is 45.7 Å². The highest BCUT2D eigenvalue weighted by Crippen LogP contribution is 2.26. The molecular formula is C19H23Cl2N5O2. The first kappa shape index (κ1) is 20.6. The van der Waals surface area contributed by atoms with Crippen molar-refractivity contribution in [2.45, 2.75) is 52.3 Å². The zero-order valence-electron chi connectivity index (χ0n) is 16.0. The standard InChI is InChI=1S/C19H23Cl2N5O2/c1-4-8-25-14-6-5-12(23-16-13(20)11-22-17(21)24-16)10-15(14)26(18(25)27)9-7-19(2,3)28/h5-6,10-11,28H,4,7-9H2,1-3H3,(H,22,23,24). The smallest absolute Gasteiger partial charge is 0.329 e. The molecule has 0 bridgehead atoms. The first-order chi connectivity index (χ1) is 13.2. The molecule has 0 aliphatic heterocycles. The second-order valence-corrected chi connectivity index (χ2v) is 8.06. The zero-order chi connectivity index (χ0) is 20.5. The van der Waals surface area contributed by atoms with Crippen LogP contribution >= 0.6 is 23.2 Å². The number of rotatable bonds is 7. The lowest BCUT2D eigenvalue weighted by atomic mass is 10.1. The van der Waals surface area contributed by atoms with Gasteiger partial charge in [0.15, 0.2) is 5.82 Å². The van der Waals surface area contributed by atoms with Crippen LogP contribution in [0, 0.1) is 0 Å². The van der Waals surface area contributed by atoms with Gasteiger partial charge < -0.3 is 10.4 Å². The lowest BCUT2D eigenvalue weighted by Crippen LogP contribution is -2.28. The average molecular weight is 424 g/mol. The number of nitrogens with one attached hydrogen (secondary N) is 1. The molecular weight excluding hydrogens is 401 g/mol. The maximum Gasteiger partial charge on any atom is 0.329 e. The van der Waals surface area contributed by atoms with E-state index in [1.165, 1.54) is 6.20 Å². The molecule has 3 rings (SSSR count). The first-order valence-electron chi connectivity index (χ1n) is 9.10. The van der Waals surface area contributed by atoms with Crippen molar-refractivity contribution < 1.29 is 5.11 Å². The molecule has 0 atom stereocenters. The van der Waals surface area contributed by atoms with Gasteiger partial charge >= 0.3 is 5.69 Å². The quantitative estimate of drug-likeness (QED) is 0.555. The monoisotopic (exact) mass is 423 g/mol. The number of nitrogens with zero attached hydrogens (tertiary/aromatic N) is 4. The highest BCUT2D eigenvalue weighted by Gasteiger charge is 2.18. The van der Waals surface area contributed by atoms with Crippen molar-refractivity contribution in [2.24, 2.45) is 0 Å². The summed E-state index contributed by atoms with van der Waals surface area (Å²) >= 11 is 12.0. The van der Waals surface area contributed by atoms with Crippen molar-refractivity contribution in [2.75, 3.05) is 5.32 Å². The predicted molar refractivity (Wildman–Crippen MR) is 113 cm³/mol. The fraction of sp³-hybridized carbons (Fsp3) is 0.421. The molecule has 2 aromatic heterocycles. The van der Waals surface area contributed by atoms with E-state index in [9.17, 15) is 9.90 Å². The van der Waals surface area contributed by atoms with Gasteiger partial charge in [-0.05, 0) is 56.5 Å². The fourth-order valence-corrected chi connectivity index (χ4v) is 3.28. The van der Waals surface area contributed by atoms with E-state index in [4.69, 9.17) is 23.2 Å². The van der Waals surface area contributed by atoms with Gasteiger partial charge in [0, 0.05) is 18.8 Å². The molecule has 0 unspecified atom stereocenters. The molecule has 0 amide bonds. The fourth-order valence-electron chi connectivity index (χ4n) is 3.01. The van der Waals surface area contributed by atoms with Gasteiger partial charge in [-0.25, -0.2) is 9.78 Å². The highest BCUT2D eigenvalue weighted by atomic mass is 35.5. The molecule has 0 aliphatic carbocycles. The molecule has 0 saturated heterocycles. The number of benzene rings is 1. The van der Waals surface area contributed by atoms with Gasteiger partial charge in [0.1, 0.15) is 5.02 Å². The minimum atomic E-state index is -0.861. The number of aromatic nitrogens is 4. The topological polar surface area (TPSA) is 85.0 Å². The molecule has 2 heterocycles. The van der Waals surface area contributed by atoms with Gasteiger partial charge in [-0.15, -0.1) is 0 Å². The van der Waals surface area contributed by atoms with Crippen LogP contribution < -0.4 is 11.0 Å². The summed E-state index contributed by atoms with van der Waals surface area (Å²) in [4.78, 5) is 20.9. The number of hydrogen-bond donors (Lipinski definition) is 2. The average Bonchev–Trinajstić information content (AvgIpc) is 2.87. The van der Waals surface area contributed by atoms with Crippen molar-refractivity contribution in [1.82, 2.24) is 19.1 Å². The van der Waals surface area contributed by atoms with E-state index in [1.807, 2.05) is 25.1 Å². The Kier molecular flexibility index (Phi) is 5.98. The number of aliphatic hydroxyl groups is 1. The number of halogens is 2. The summed E-state index contributed by atoms with van der Waals surface area (Å²) < 4.78 is 3.46. The van der Waals surface area contributed by atoms with Gasteiger partial charge in [0.25, 0.3) is 0 Å². The molecule has 3 aromatic rings. The Morgan fingerprint density at radius 3 is 2.57 bits per heavy atom. The first-order valence-corrected chi connectivity index (χ1v) is 9.85. The third kappa shape index (κ3) is 4.48. The molecule has 1 aromatic carbocycles. The Balaban J connectivity index is 2.05. The summed E-state index contributed by atoms with van der Waals surface area (Å²) in [5.74, 6) is 0.388. The van der Waals surface area contributed by atoms with Gasteiger partial charge in [-0.2, -0.15) is 4.98 Å². The van der Waals surface area contributed by atoms with Crippen LogP contribution in [0.3, 0.4) is 0 Å². The number of fused-ring (bicyclic) bond motifs is 1. The third-order valence-electron chi connectivity index (χ3n) is 4.39. The summed E-state index contributed by atoms with van der Waals surface area (Å²) in [6, 6.07) is 5.63. The molecule has 150 valence electrons. The van der Waals surface area contributed by atoms with E-state index in [-0.39, 0.29) is 11.0 Å². The van der Waals surface area contributed by atoms with Crippen LogP contribution in [-0.4, -0.2) is 29.8 Å². The second kappa shape index (κ2) is 8.11. The normalized spacial score (nSPS) is 11.9. The van der Waals surface area contributed by atoms with Crippen LogP contribution in [0.4, 0.5) is 11.5 Å². The molecule has 0 saturated carbocycles. The molecule has 0 radical (unpaired) electrons. The summed E-state index contributed by atoms with van der Waals surface area (Å²) in [6.07, 6.45) is 2.73. The number of anilines is 2. The molecule has 7 nitrogen and oxygen atoms in total. The van der Waals surface area contributed by atoms with Crippen molar-refractivity contribution in [1.29, 1.82) is 0 Å². The summed E-state index contributed by atoms with van der Waals surface area (Å²) in [5, 5.41) is 13.6. The Labute approximate surface area is 172 Å². The molecule has 28 heavy (non-hydrogen) atoms. The van der Waals surface area contributed by atoms with Crippen molar-refractivity contribution in [3.63, 3.8) is 0 Å². The number of hydrogen-bond acceptors (Lipinski definition) is 5. The van der Waals surface area contributed by atoms with Crippen LogP contribution in [-0.2, 0) is 13.1 Å². The maximum absolute atomic E-state index is 12.9. The van der Waals surface area contributed by atoms with Crippen molar-refractivity contribution in [3.05, 3.63) is 45.2 Å². The lowest BCUT2D eigenvalue weighted by Gasteiger charge is -2.17. The second-order valence-electron chi connectivity index (χ2n) is 7.31. The van der Waals surface area contributed by atoms with E-state index in [0.29, 0.717) is 30.4 Å². The maximum atomic E-state index is 12.9. The minimum absolute atomic E-state index is 0.0821. The largest absolute Gasteiger partial charge is 0.390 e. The van der Waals surface area contributed by atoms with Crippen LogP contribution in [0.1, 0.15) is 33.6 Å². The predicted octanol–water partition coefficient (Wildman–Crippen LogP) is 4.21. The van der Waals surface area contributed by atoms with Crippen LogP contribution in [0.5, 0.6) is 0 Å². The van der Waals surface area contributed by atoms with Gasteiger partial charge in [-0.1, -0.05) is 18.5 Å². The number of imidazole rings is 1. The molecule has 0 fully saturated rings. The Hall–Kier alpha value is -2.09. The van der Waals surface area contributed by atoms with Crippen LogP contribution in [0.15, 0.2) is 29.2 Å². The van der Waals surface area contributed by atoms with E-state index in [0.717, 1.165) is 23.1 Å². The molecule has 0 aliphatic rings. The van der Waals surface area contributed by atoms with Gasteiger partial charge in [-0.3, -0.25) is 9.13 Å². The zero-order valence-corrected chi connectivity index (χ0v) is 17.5. The minimum Gasteiger partial charge on any atom is -0.390 e. The van der Waals surface area contributed by atoms with E-state index >= 15 is 0 Å². The van der Waals surface area contributed by atoms with Gasteiger partial charge in [0.05, 0.1) is 22.8 Å². The lowest BCUT2D eigenvalue weighted by molar-refractivity contribution is 0.0662. The Morgan fingerprint density at radius 1 is 1.18 bits per heavy atom.